The van der Waals surface area contributed by atoms with Gasteiger partial charge in [-0.15, -0.1) is 6.58 Å². The summed E-state index contributed by atoms with van der Waals surface area (Å²) >= 11 is 3.34. The minimum absolute atomic E-state index is 0.216. The van der Waals surface area contributed by atoms with Crippen LogP contribution in [0.25, 0.3) is 0 Å². The molecular formula is C12H15BrFN. The Labute approximate surface area is 98.3 Å². The second-order valence-electron chi connectivity index (χ2n) is 3.89. The maximum Gasteiger partial charge on any atom is 0.130 e. The van der Waals surface area contributed by atoms with Gasteiger partial charge in [0.1, 0.15) is 5.82 Å². The normalized spacial score (nSPS) is 12.6. The van der Waals surface area contributed by atoms with Gasteiger partial charge >= 0.3 is 0 Å². The summed E-state index contributed by atoms with van der Waals surface area (Å²) in [5.74, 6) is -0.216. The molecule has 3 heteroatoms. The molecule has 1 aromatic carbocycles. The molecule has 1 atom stereocenters. The third-order valence-electron chi connectivity index (χ3n) is 2.22. The van der Waals surface area contributed by atoms with Crippen molar-refractivity contribution in [3.8, 4) is 0 Å². The van der Waals surface area contributed by atoms with Gasteiger partial charge in [0.25, 0.3) is 0 Å². The van der Waals surface area contributed by atoms with E-state index in [4.69, 9.17) is 5.73 Å². The Morgan fingerprint density at radius 2 is 2.20 bits per heavy atom. The van der Waals surface area contributed by atoms with Crippen LogP contribution in [0.2, 0.25) is 0 Å². The standard InChI is InChI=1S/C12H15BrFN/c1-7(2)4-11(15)10-6-9(13)5-8(3)12(10)14/h5-6,11H,1,4,15H2,2-3H3/t11-/m1/s1. The average molecular weight is 272 g/mol. The average Bonchev–Trinajstić information content (AvgIpc) is 2.09. The van der Waals surface area contributed by atoms with Crippen LogP contribution in [0.5, 0.6) is 0 Å². The Morgan fingerprint density at radius 1 is 1.60 bits per heavy atom. The summed E-state index contributed by atoms with van der Waals surface area (Å²) in [5.41, 5.74) is 8.02. The van der Waals surface area contributed by atoms with E-state index in [0.717, 1.165) is 10.0 Å². The highest BCUT2D eigenvalue weighted by Gasteiger charge is 2.14. The van der Waals surface area contributed by atoms with Crippen molar-refractivity contribution < 1.29 is 4.39 Å². The smallest absolute Gasteiger partial charge is 0.130 e. The molecule has 1 rings (SSSR count). The Hall–Kier alpha value is -0.670. The van der Waals surface area contributed by atoms with E-state index < -0.39 is 0 Å². The molecule has 0 unspecified atom stereocenters. The molecule has 0 bridgehead atoms. The van der Waals surface area contributed by atoms with E-state index in [0.29, 0.717) is 17.5 Å². The highest BCUT2D eigenvalue weighted by molar-refractivity contribution is 9.10. The molecule has 0 aliphatic rings. The van der Waals surface area contributed by atoms with Crippen LogP contribution in [-0.2, 0) is 0 Å². The lowest BCUT2D eigenvalue weighted by molar-refractivity contribution is 0.572. The summed E-state index contributed by atoms with van der Waals surface area (Å²) in [4.78, 5) is 0. The number of benzene rings is 1. The van der Waals surface area contributed by atoms with Gasteiger partial charge in [0.05, 0.1) is 0 Å². The first-order chi connectivity index (χ1) is 6.91. The van der Waals surface area contributed by atoms with Gasteiger partial charge < -0.3 is 5.73 Å². The lowest BCUT2D eigenvalue weighted by Crippen LogP contribution is -2.13. The number of hydrogen-bond donors (Lipinski definition) is 1. The fourth-order valence-electron chi connectivity index (χ4n) is 1.51. The summed E-state index contributed by atoms with van der Waals surface area (Å²) < 4.78 is 14.6. The van der Waals surface area contributed by atoms with Gasteiger partial charge in [-0.05, 0) is 38.0 Å². The van der Waals surface area contributed by atoms with Gasteiger partial charge in [0.2, 0.25) is 0 Å². The van der Waals surface area contributed by atoms with Crippen LogP contribution in [0, 0.1) is 12.7 Å². The molecule has 0 aliphatic carbocycles. The summed E-state index contributed by atoms with van der Waals surface area (Å²) in [6.45, 7) is 7.41. The number of halogens is 2. The van der Waals surface area contributed by atoms with E-state index in [1.807, 2.05) is 6.92 Å². The predicted octanol–water partition coefficient (Wildman–Crippen LogP) is 3.86. The third-order valence-corrected chi connectivity index (χ3v) is 2.67. The molecule has 0 spiro atoms. The van der Waals surface area contributed by atoms with E-state index in [2.05, 4.69) is 22.5 Å². The molecule has 0 aromatic heterocycles. The van der Waals surface area contributed by atoms with E-state index in [9.17, 15) is 4.39 Å². The highest BCUT2D eigenvalue weighted by atomic mass is 79.9. The van der Waals surface area contributed by atoms with Crippen molar-refractivity contribution in [2.75, 3.05) is 0 Å². The lowest BCUT2D eigenvalue weighted by atomic mass is 9.99. The van der Waals surface area contributed by atoms with Crippen molar-refractivity contribution in [3.63, 3.8) is 0 Å². The molecule has 1 nitrogen and oxygen atoms in total. The first-order valence-electron chi connectivity index (χ1n) is 4.77. The summed E-state index contributed by atoms with van der Waals surface area (Å²) in [7, 11) is 0. The number of nitrogens with two attached hydrogens (primary N) is 1. The van der Waals surface area contributed by atoms with Gasteiger partial charge in [-0.1, -0.05) is 21.5 Å². The fourth-order valence-corrected chi connectivity index (χ4v) is 2.10. The van der Waals surface area contributed by atoms with Crippen molar-refractivity contribution in [1.82, 2.24) is 0 Å². The van der Waals surface area contributed by atoms with Gasteiger partial charge in [0.15, 0.2) is 0 Å². The zero-order valence-corrected chi connectivity index (χ0v) is 10.6. The topological polar surface area (TPSA) is 26.0 Å². The molecule has 82 valence electrons. The SMILES string of the molecule is C=C(C)C[C@@H](N)c1cc(Br)cc(C)c1F. The monoisotopic (exact) mass is 271 g/mol. The van der Waals surface area contributed by atoms with Crippen molar-refractivity contribution in [1.29, 1.82) is 0 Å². The van der Waals surface area contributed by atoms with Gasteiger partial charge in [-0.25, -0.2) is 4.39 Å². The van der Waals surface area contributed by atoms with Crippen molar-refractivity contribution in [3.05, 3.63) is 45.7 Å². The largest absolute Gasteiger partial charge is 0.324 e. The Kier molecular flexibility index (Phi) is 4.05. The molecule has 0 aliphatic heterocycles. The third kappa shape index (κ3) is 3.14. The molecule has 0 saturated carbocycles. The van der Waals surface area contributed by atoms with Crippen LogP contribution in [0.15, 0.2) is 28.8 Å². The first kappa shape index (κ1) is 12.4. The minimum Gasteiger partial charge on any atom is -0.324 e. The molecule has 2 N–H and O–H groups in total. The van der Waals surface area contributed by atoms with E-state index >= 15 is 0 Å². The van der Waals surface area contributed by atoms with E-state index in [1.54, 1.807) is 19.1 Å². The molecule has 0 amide bonds. The number of hydrogen-bond acceptors (Lipinski definition) is 1. The van der Waals surface area contributed by atoms with Crippen LogP contribution >= 0.6 is 15.9 Å². The lowest BCUT2D eigenvalue weighted by Gasteiger charge is -2.14. The molecule has 0 radical (unpaired) electrons. The summed E-state index contributed by atoms with van der Waals surface area (Å²) in [6, 6.07) is 3.15. The second-order valence-corrected chi connectivity index (χ2v) is 4.81. The predicted molar refractivity (Wildman–Crippen MR) is 65.2 cm³/mol. The molecule has 0 saturated heterocycles. The minimum atomic E-state index is -0.321. The van der Waals surface area contributed by atoms with Gasteiger partial charge in [-0.2, -0.15) is 0 Å². The maximum atomic E-state index is 13.8. The van der Waals surface area contributed by atoms with Crippen LogP contribution < -0.4 is 5.73 Å². The molecular weight excluding hydrogens is 257 g/mol. The van der Waals surface area contributed by atoms with Crippen molar-refractivity contribution in [2.45, 2.75) is 26.3 Å². The summed E-state index contributed by atoms with van der Waals surface area (Å²) in [5, 5.41) is 0. The Bertz CT molecular complexity index is 387. The Morgan fingerprint density at radius 3 is 2.73 bits per heavy atom. The maximum absolute atomic E-state index is 13.8. The molecule has 1 aromatic rings. The van der Waals surface area contributed by atoms with Crippen LogP contribution in [0.1, 0.15) is 30.5 Å². The fraction of sp³-hybridized carbons (Fsp3) is 0.333. The van der Waals surface area contributed by atoms with Crippen LogP contribution in [0.4, 0.5) is 4.39 Å². The zero-order chi connectivity index (χ0) is 11.6. The number of rotatable bonds is 3. The quantitative estimate of drug-likeness (QED) is 0.831. The van der Waals surface area contributed by atoms with E-state index in [-0.39, 0.29) is 11.9 Å². The number of aryl methyl sites for hydroxylation is 1. The molecule has 0 heterocycles. The highest BCUT2D eigenvalue weighted by Crippen LogP contribution is 2.26. The van der Waals surface area contributed by atoms with Gasteiger partial charge in [0, 0.05) is 16.1 Å². The van der Waals surface area contributed by atoms with E-state index in [1.165, 1.54) is 0 Å². The second kappa shape index (κ2) is 4.90. The Balaban J connectivity index is 3.07. The first-order valence-corrected chi connectivity index (χ1v) is 5.56. The summed E-state index contributed by atoms with van der Waals surface area (Å²) in [6.07, 6.45) is 0.604. The molecule has 0 fully saturated rings. The van der Waals surface area contributed by atoms with Crippen molar-refractivity contribution >= 4 is 15.9 Å². The van der Waals surface area contributed by atoms with Crippen LogP contribution in [-0.4, -0.2) is 0 Å². The van der Waals surface area contributed by atoms with Crippen LogP contribution in [0.3, 0.4) is 0 Å². The molecule has 15 heavy (non-hydrogen) atoms. The van der Waals surface area contributed by atoms with Gasteiger partial charge in [-0.3, -0.25) is 0 Å². The zero-order valence-electron chi connectivity index (χ0n) is 8.98. The van der Waals surface area contributed by atoms with Crippen molar-refractivity contribution in [2.24, 2.45) is 5.73 Å².